The van der Waals surface area contributed by atoms with Crippen LogP contribution in [0, 0.1) is 17.8 Å². The first kappa shape index (κ1) is 12.9. The maximum atomic E-state index is 10.0. The van der Waals surface area contributed by atoms with Crippen molar-refractivity contribution in [3.63, 3.8) is 0 Å². The average Bonchev–Trinajstić information content (AvgIpc) is 2.41. The first-order valence-electron chi connectivity index (χ1n) is 5.84. The van der Waals surface area contributed by atoms with Crippen LogP contribution in [0.1, 0.15) is 34.6 Å². The van der Waals surface area contributed by atoms with E-state index in [0.29, 0.717) is 11.8 Å². The van der Waals surface area contributed by atoms with Gasteiger partial charge in [0, 0.05) is 5.92 Å². The Morgan fingerprint density at radius 1 is 1.20 bits per heavy atom. The van der Waals surface area contributed by atoms with Gasteiger partial charge >= 0.3 is 0 Å². The van der Waals surface area contributed by atoms with Gasteiger partial charge < -0.3 is 14.9 Å². The highest BCUT2D eigenvalue weighted by Crippen LogP contribution is 2.46. The van der Waals surface area contributed by atoms with Crippen LogP contribution in [0.15, 0.2) is 0 Å². The molecule has 1 unspecified atom stereocenters. The van der Waals surface area contributed by atoms with Crippen LogP contribution < -0.4 is 0 Å². The van der Waals surface area contributed by atoms with E-state index in [1.165, 1.54) is 0 Å². The first-order valence-corrected chi connectivity index (χ1v) is 5.84. The fourth-order valence-electron chi connectivity index (χ4n) is 3.16. The molecule has 1 fully saturated rings. The highest BCUT2D eigenvalue weighted by molar-refractivity contribution is 5.02. The van der Waals surface area contributed by atoms with Crippen LogP contribution in [-0.4, -0.2) is 34.6 Å². The van der Waals surface area contributed by atoms with Crippen LogP contribution in [-0.2, 0) is 4.74 Å². The summed E-state index contributed by atoms with van der Waals surface area (Å²) >= 11 is 0. The number of aliphatic hydroxyl groups excluding tert-OH is 2. The molecule has 0 radical (unpaired) electrons. The Labute approximate surface area is 92.4 Å². The molecule has 0 aromatic carbocycles. The molecule has 1 rings (SSSR count). The predicted molar refractivity (Wildman–Crippen MR) is 59.5 cm³/mol. The molecule has 1 aliphatic heterocycles. The summed E-state index contributed by atoms with van der Waals surface area (Å²) in [5, 5.41) is 19.2. The van der Waals surface area contributed by atoms with Gasteiger partial charge in [0.25, 0.3) is 0 Å². The Balaban J connectivity index is 3.01. The van der Waals surface area contributed by atoms with Crippen molar-refractivity contribution in [1.82, 2.24) is 0 Å². The van der Waals surface area contributed by atoms with Crippen molar-refractivity contribution in [3.8, 4) is 0 Å². The highest BCUT2D eigenvalue weighted by atomic mass is 16.5. The van der Waals surface area contributed by atoms with Crippen molar-refractivity contribution in [2.45, 2.75) is 52.4 Å². The Morgan fingerprint density at radius 2 is 1.67 bits per heavy atom. The lowest BCUT2D eigenvalue weighted by atomic mass is 9.71. The molecule has 0 aromatic heterocycles. The summed E-state index contributed by atoms with van der Waals surface area (Å²) in [7, 11) is 0. The van der Waals surface area contributed by atoms with E-state index >= 15 is 0 Å². The van der Waals surface area contributed by atoms with Gasteiger partial charge in [-0.1, -0.05) is 34.6 Å². The largest absolute Gasteiger partial charge is 0.394 e. The molecule has 3 heteroatoms. The first-order chi connectivity index (χ1) is 6.87. The van der Waals surface area contributed by atoms with Gasteiger partial charge in [-0.3, -0.25) is 0 Å². The van der Waals surface area contributed by atoms with E-state index in [2.05, 4.69) is 27.7 Å². The molecule has 3 nitrogen and oxygen atoms in total. The molecule has 3 atom stereocenters. The van der Waals surface area contributed by atoms with Crippen molar-refractivity contribution >= 4 is 0 Å². The molecule has 0 aromatic rings. The Kier molecular flexibility index (Phi) is 3.80. The molecule has 0 bridgehead atoms. The lowest BCUT2D eigenvalue weighted by Crippen LogP contribution is -2.46. The molecule has 2 N–H and O–H groups in total. The molecule has 1 heterocycles. The SMILES string of the molecule is CC(C)C1(C(C)C)O[C@H](CO)[C@H](O)C1C. The van der Waals surface area contributed by atoms with Crippen molar-refractivity contribution in [3.05, 3.63) is 0 Å². The van der Waals surface area contributed by atoms with E-state index < -0.39 is 12.2 Å². The third-order valence-electron chi connectivity index (χ3n) is 3.95. The van der Waals surface area contributed by atoms with Gasteiger partial charge in [0.1, 0.15) is 6.10 Å². The predicted octanol–water partition coefficient (Wildman–Crippen LogP) is 1.43. The minimum absolute atomic E-state index is 0.0645. The van der Waals surface area contributed by atoms with Crippen molar-refractivity contribution < 1.29 is 14.9 Å². The minimum Gasteiger partial charge on any atom is -0.394 e. The van der Waals surface area contributed by atoms with Crippen molar-refractivity contribution in [2.24, 2.45) is 17.8 Å². The van der Waals surface area contributed by atoms with E-state index in [1.54, 1.807) is 0 Å². The lowest BCUT2D eigenvalue weighted by molar-refractivity contribution is -0.128. The standard InChI is InChI=1S/C12H24O3/c1-7(2)12(8(3)4)9(5)11(14)10(6-13)15-12/h7-11,13-14H,6H2,1-5H3/t9?,10-,11-/m1/s1. The molecule has 15 heavy (non-hydrogen) atoms. The topological polar surface area (TPSA) is 49.7 Å². The molecule has 0 amide bonds. The second-order valence-electron chi connectivity index (χ2n) is 5.28. The summed E-state index contributed by atoms with van der Waals surface area (Å²) in [6, 6.07) is 0. The number of aliphatic hydroxyl groups is 2. The summed E-state index contributed by atoms with van der Waals surface area (Å²) in [4.78, 5) is 0. The maximum Gasteiger partial charge on any atom is 0.108 e. The quantitative estimate of drug-likeness (QED) is 0.750. The number of hydrogen-bond donors (Lipinski definition) is 2. The minimum atomic E-state index is -0.556. The van der Waals surface area contributed by atoms with Gasteiger partial charge in [0.2, 0.25) is 0 Å². The van der Waals surface area contributed by atoms with E-state index in [4.69, 9.17) is 9.84 Å². The van der Waals surface area contributed by atoms with Gasteiger partial charge in [0.05, 0.1) is 18.3 Å². The van der Waals surface area contributed by atoms with E-state index in [9.17, 15) is 5.11 Å². The van der Waals surface area contributed by atoms with E-state index in [0.717, 1.165) is 0 Å². The maximum absolute atomic E-state index is 10.0. The van der Waals surface area contributed by atoms with Gasteiger partial charge in [-0.2, -0.15) is 0 Å². The summed E-state index contributed by atoms with van der Waals surface area (Å²) in [5.41, 5.74) is -0.313. The fourth-order valence-corrected chi connectivity index (χ4v) is 3.16. The van der Waals surface area contributed by atoms with E-state index in [-0.39, 0.29) is 18.1 Å². The number of ether oxygens (including phenoxy) is 1. The normalized spacial score (nSPS) is 35.4. The number of hydrogen-bond acceptors (Lipinski definition) is 3. The van der Waals surface area contributed by atoms with Crippen LogP contribution in [0.25, 0.3) is 0 Å². The smallest absolute Gasteiger partial charge is 0.108 e. The van der Waals surface area contributed by atoms with Crippen LogP contribution in [0.5, 0.6) is 0 Å². The summed E-state index contributed by atoms with van der Waals surface area (Å²) < 4.78 is 5.95. The Morgan fingerprint density at radius 3 is 1.87 bits per heavy atom. The van der Waals surface area contributed by atoms with Crippen LogP contribution in [0.4, 0.5) is 0 Å². The van der Waals surface area contributed by atoms with Gasteiger partial charge in [0.15, 0.2) is 0 Å². The molecule has 1 saturated heterocycles. The second kappa shape index (κ2) is 4.40. The Hall–Kier alpha value is -0.120. The number of rotatable bonds is 3. The zero-order valence-electron chi connectivity index (χ0n) is 10.4. The summed E-state index contributed by atoms with van der Waals surface area (Å²) in [6.07, 6.45) is -0.982. The highest BCUT2D eigenvalue weighted by Gasteiger charge is 2.55. The van der Waals surface area contributed by atoms with Crippen molar-refractivity contribution in [1.29, 1.82) is 0 Å². The van der Waals surface area contributed by atoms with Crippen LogP contribution in [0.2, 0.25) is 0 Å². The van der Waals surface area contributed by atoms with Gasteiger partial charge in [-0.15, -0.1) is 0 Å². The monoisotopic (exact) mass is 216 g/mol. The Bertz CT molecular complexity index is 205. The fraction of sp³-hybridized carbons (Fsp3) is 1.00. The molecular weight excluding hydrogens is 192 g/mol. The second-order valence-corrected chi connectivity index (χ2v) is 5.28. The van der Waals surface area contributed by atoms with Crippen LogP contribution in [0.3, 0.4) is 0 Å². The summed E-state index contributed by atoms with van der Waals surface area (Å²) in [6.45, 7) is 10.4. The zero-order chi connectivity index (χ0) is 11.8. The lowest BCUT2D eigenvalue weighted by Gasteiger charge is -2.41. The van der Waals surface area contributed by atoms with Gasteiger partial charge in [-0.05, 0) is 11.8 Å². The molecule has 1 aliphatic rings. The third-order valence-corrected chi connectivity index (χ3v) is 3.95. The zero-order valence-corrected chi connectivity index (χ0v) is 10.4. The molecule has 0 aliphatic carbocycles. The average molecular weight is 216 g/mol. The molecule has 0 saturated carbocycles. The third kappa shape index (κ3) is 1.81. The summed E-state index contributed by atoms with van der Waals surface area (Å²) in [5.74, 6) is 0.729. The molecular formula is C12H24O3. The van der Waals surface area contributed by atoms with Gasteiger partial charge in [-0.25, -0.2) is 0 Å². The van der Waals surface area contributed by atoms with E-state index in [1.807, 2.05) is 6.92 Å². The molecule has 0 spiro atoms. The molecule has 90 valence electrons. The van der Waals surface area contributed by atoms with Crippen molar-refractivity contribution in [2.75, 3.05) is 6.61 Å². The van der Waals surface area contributed by atoms with Crippen LogP contribution >= 0.6 is 0 Å².